The standard InChI is InChI=1S/C12H14F6O5/c1-6(2)8(20)22-5-7(19)23-9(3,4)10(21,11(13,14)15)12(16,17)18/h21H,1,5H2,2-4H3. The Bertz CT molecular complexity index is 477. The zero-order chi connectivity index (χ0) is 18.9. The van der Waals surface area contributed by atoms with E-state index >= 15 is 0 Å². The number of carbonyl (C=O) groups is 2. The van der Waals surface area contributed by atoms with Crippen molar-refractivity contribution in [1.29, 1.82) is 0 Å². The molecule has 0 radical (unpaired) electrons. The van der Waals surface area contributed by atoms with E-state index in [0.717, 1.165) is 0 Å². The molecule has 0 fully saturated rings. The highest BCUT2D eigenvalue weighted by atomic mass is 19.4. The Balaban J connectivity index is 5.33. The van der Waals surface area contributed by atoms with Crippen LogP contribution >= 0.6 is 0 Å². The van der Waals surface area contributed by atoms with Crippen molar-refractivity contribution in [2.24, 2.45) is 0 Å². The van der Waals surface area contributed by atoms with E-state index in [2.05, 4.69) is 16.1 Å². The zero-order valence-electron chi connectivity index (χ0n) is 12.3. The summed E-state index contributed by atoms with van der Waals surface area (Å²) in [7, 11) is 0. The number of aliphatic hydroxyl groups is 1. The number of alkyl halides is 6. The van der Waals surface area contributed by atoms with E-state index < -0.39 is 42.1 Å². The van der Waals surface area contributed by atoms with Crippen molar-refractivity contribution in [3.8, 4) is 0 Å². The Morgan fingerprint density at radius 2 is 1.43 bits per heavy atom. The number of rotatable bonds is 5. The third-order valence-corrected chi connectivity index (χ3v) is 2.73. The number of hydrogen-bond acceptors (Lipinski definition) is 5. The Hall–Kier alpha value is -1.78. The maximum atomic E-state index is 12.7. The minimum absolute atomic E-state index is 0.154. The van der Waals surface area contributed by atoms with Gasteiger partial charge >= 0.3 is 24.3 Å². The minimum atomic E-state index is -6.18. The SMILES string of the molecule is C=C(C)C(=O)OCC(=O)OC(C)(C)C(O)(C(F)(F)F)C(F)(F)F. The predicted octanol–water partition coefficient (Wildman–Crippen LogP) is 2.28. The Morgan fingerprint density at radius 1 is 1.04 bits per heavy atom. The number of ether oxygens (including phenoxy) is 2. The number of hydrogen-bond donors (Lipinski definition) is 1. The van der Waals surface area contributed by atoms with E-state index in [-0.39, 0.29) is 19.4 Å². The molecule has 0 amide bonds. The number of halogens is 6. The summed E-state index contributed by atoms with van der Waals surface area (Å²) < 4.78 is 84.5. The first-order valence-electron chi connectivity index (χ1n) is 5.87. The lowest BCUT2D eigenvalue weighted by Gasteiger charge is -2.43. The van der Waals surface area contributed by atoms with Gasteiger partial charge in [0.15, 0.2) is 12.2 Å². The maximum absolute atomic E-state index is 12.7. The molecule has 5 nitrogen and oxygen atoms in total. The van der Waals surface area contributed by atoms with E-state index in [1.807, 2.05) is 0 Å². The van der Waals surface area contributed by atoms with Crippen LogP contribution in [-0.4, -0.2) is 47.2 Å². The second kappa shape index (κ2) is 6.38. The van der Waals surface area contributed by atoms with Crippen molar-refractivity contribution in [3.63, 3.8) is 0 Å². The minimum Gasteiger partial charge on any atom is -0.453 e. The lowest BCUT2D eigenvalue weighted by molar-refractivity contribution is -0.407. The van der Waals surface area contributed by atoms with Gasteiger partial charge in [-0.3, -0.25) is 0 Å². The lowest BCUT2D eigenvalue weighted by Crippen LogP contribution is -2.70. The van der Waals surface area contributed by atoms with Crippen LogP contribution in [-0.2, 0) is 19.1 Å². The normalized spacial score (nSPS) is 13.5. The molecule has 0 rings (SSSR count). The highest BCUT2D eigenvalue weighted by molar-refractivity contribution is 5.88. The first-order chi connectivity index (χ1) is 9.97. The van der Waals surface area contributed by atoms with Crippen LogP contribution in [0.1, 0.15) is 20.8 Å². The Kier molecular flexibility index (Phi) is 5.88. The molecule has 23 heavy (non-hydrogen) atoms. The van der Waals surface area contributed by atoms with Crippen LogP contribution in [0, 0.1) is 0 Å². The molecule has 11 heteroatoms. The van der Waals surface area contributed by atoms with Gasteiger partial charge in [0.05, 0.1) is 0 Å². The fourth-order valence-electron chi connectivity index (χ4n) is 1.48. The van der Waals surface area contributed by atoms with Gasteiger partial charge in [0, 0.05) is 5.57 Å². The molecule has 134 valence electrons. The molecule has 0 aliphatic carbocycles. The van der Waals surface area contributed by atoms with E-state index in [1.165, 1.54) is 6.92 Å². The van der Waals surface area contributed by atoms with Gasteiger partial charge in [-0.2, -0.15) is 26.3 Å². The van der Waals surface area contributed by atoms with Crippen LogP contribution in [0.2, 0.25) is 0 Å². The third-order valence-electron chi connectivity index (χ3n) is 2.73. The van der Waals surface area contributed by atoms with E-state index in [4.69, 9.17) is 0 Å². The van der Waals surface area contributed by atoms with E-state index in [9.17, 15) is 41.0 Å². The quantitative estimate of drug-likeness (QED) is 0.467. The Morgan fingerprint density at radius 3 is 1.74 bits per heavy atom. The van der Waals surface area contributed by atoms with Crippen molar-refractivity contribution >= 4 is 11.9 Å². The van der Waals surface area contributed by atoms with Gasteiger partial charge in [-0.1, -0.05) is 6.58 Å². The summed E-state index contributed by atoms with van der Waals surface area (Å²) in [5.41, 5.74) is -8.91. The largest absolute Gasteiger partial charge is 0.453 e. The second-order valence-electron chi connectivity index (χ2n) is 5.05. The first kappa shape index (κ1) is 21.2. The summed E-state index contributed by atoms with van der Waals surface area (Å²) in [5.74, 6) is -2.81. The molecule has 0 saturated heterocycles. The molecule has 0 atom stereocenters. The van der Waals surface area contributed by atoms with Gasteiger partial charge in [-0.15, -0.1) is 0 Å². The summed E-state index contributed by atoms with van der Waals surface area (Å²) in [6, 6.07) is 0. The molecule has 0 saturated carbocycles. The second-order valence-corrected chi connectivity index (χ2v) is 5.05. The fourth-order valence-corrected chi connectivity index (χ4v) is 1.48. The summed E-state index contributed by atoms with van der Waals surface area (Å²) in [5, 5.41) is 9.18. The molecule has 1 N–H and O–H groups in total. The molecular weight excluding hydrogens is 338 g/mol. The van der Waals surface area contributed by atoms with Crippen LogP contribution in [0.4, 0.5) is 26.3 Å². The van der Waals surface area contributed by atoms with Crippen molar-refractivity contribution < 1.29 is 50.5 Å². The van der Waals surface area contributed by atoms with E-state index in [1.54, 1.807) is 0 Å². The van der Waals surface area contributed by atoms with Crippen molar-refractivity contribution in [2.45, 2.75) is 44.3 Å². The summed E-state index contributed by atoms with van der Waals surface area (Å²) in [4.78, 5) is 22.3. The first-order valence-corrected chi connectivity index (χ1v) is 5.87. The summed E-state index contributed by atoms with van der Waals surface area (Å²) in [6.07, 6.45) is -12.4. The van der Waals surface area contributed by atoms with Crippen molar-refractivity contribution in [2.75, 3.05) is 6.61 Å². The topological polar surface area (TPSA) is 72.8 Å². The zero-order valence-corrected chi connectivity index (χ0v) is 12.3. The monoisotopic (exact) mass is 352 g/mol. The number of esters is 2. The predicted molar refractivity (Wildman–Crippen MR) is 63.0 cm³/mol. The van der Waals surface area contributed by atoms with E-state index in [0.29, 0.717) is 0 Å². The fraction of sp³-hybridized carbons (Fsp3) is 0.667. The van der Waals surface area contributed by atoms with Crippen LogP contribution < -0.4 is 0 Å². The highest BCUT2D eigenvalue weighted by Gasteiger charge is 2.78. The van der Waals surface area contributed by atoms with Gasteiger partial charge in [-0.25, -0.2) is 9.59 Å². The molecule has 0 aromatic heterocycles. The molecule has 0 unspecified atom stereocenters. The molecule has 0 aliphatic rings. The molecule has 0 aromatic carbocycles. The van der Waals surface area contributed by atoms with Crippen LogP contribution in [0.5, 0.6) is 0 Å². The maximum Gasteiger partial charge on any atom is 0.430 e. The van der Waals surface area contributed by atoms with Gasteiger partial charge in [0.2, 0.25) is 0 Å². The lowest BCUT2D eigenvalue weighted by atomic mass is 9.84. The van der Waals surface area contributed by atoms with Crippen molar-refractivity contribution in [3.05, 3.63) is 12.2 Å². The smallest absolute Gasteiger partial charge is 0.430 e. The summed E-state index contributed by atoms with van der Waals surface area (Å²) in [6.45, 7) is 3.55. The number of carbonyl (C=O) groups excluding carboxylic acids is 2. The molecule has 0 heterocycles. The average molecular weight is 352 g/mol. The molecular formula is C12H14F6O5. The molecule has 0 spiro atoms. The Labute approximate surface area is 126 Å². The van der Waals surface area contributed by atoms with Crippen LogP contribution in [0.15, 0.2) is 12.2 Å². The van der Waals surface area contributed by atoms with Gasteiger partial charge in [0.1, 0.15) is 0 Å². The molecule has 0 aromatic rings. The molecule has 0 bridgehead atoms. The van der Waals surface area contributed by atoms with Gasteiger partial charge in [0.25, 0.3) is 5.60 Å². The average Bonchev–Trinajstić information content (AvgIpc) is 2.31. The highest BCUT2D eigenvalue weighted by Crippen LogP contribution is 2.50. The molecule has 0 aliphatic heterocycles. The van der Waals surface area contributed by atoms with Crippen molar-refractivity contribution in [1.82, 2.24) is 0 Å². The van der Waals surface area contributed by atoms with Crippen LogP contribution in [0.3, 0.4) is 0 Å². The summed E-state index contributed by atoms with van der Waals surface area (Å²) >= 11 is 0. The van der Waals surface area contributed by atoms with Gasteiger partial charge in [-0.05, 0) is 20.8 Å². The van der Waals surface area contributed by atoms with Gasteiger partial charge < -0.3 is 14.6 Å². The third kappa shape index (κ3) is 4.36. The van der Waals surface area contributed by atoms with Crippen LogP contribution in [0.25, 0.3) is 0 Å².